The Kier molecular flexibility index (Phi) is 3.86. The highest BCUT2D eigenvalue weighted by Crippen LogP contribution is 2.39. The lowest BCUT2D eigenvalue weighted by Gasteiger charge is -2.21. The number of hydrogen-bond acceptors (Lipinski definition) is 5. The molecular weight excluding hydrogens is 248 g/mol. The van der Waals surface area contributed by atoms with Crippen LogP contribution in [-0.4, -0.2) is 33.2 Å². The van der Waals surface area contributed by atoms with Crippen molar-refractivity contribution in [3.05, 3.63) is 5.82 Å². The summed E-state index contributed by atoms with van der Waals surface area (Å²) in [4.78, 5) is 0. The zero-order valence-electron chi connectivity index (χ0n) is 10.5. The summed E-state index contributed by atoms with van der Waals surface area (Å²) in [7, 11) is 0. The van der Waals surface area contributed by atoms with Crippen molar-refractivity contribution in [3.63, 3.8) is 0 Å². The Morgan fingerprint density at radius 1 is 1.28 bits per heavy atom. The highest BCUT2D eigenvalue weighted by molar-refractivity contribution is 7.99. The van der Waals surface area contributed by atoms with E-state index in [-0.39, 0.29) is 0 Å². The van der Waals surface area contributed by atoms with Crippen LogP contribution in [0.15, 0.2) is 5.16 Å². The maximum atomic E-state index is 5.75. The van der Waals surface area contributed by atoms with Crippen molar-refractivity contribution in [2.45, 2.75) is 56.0 Å². The second kappa shape index (κ2) is 5.59. The van der Waals surface area contributed by atoms with Gasteiger partial charge >= 0.3 is 0 Å². The van der Waals surface area contributed by atoms with E-state index >= 15 is 0 Å². The summed E-state index contributed by atoms with van der Waals surface area (Å²) in [6, 6.07) is 0.591. The lowest BCUT2D eigenvalue weighted by Crippen LogP contribution is -2.21. The number of nitrogens with two attached hydrogens (primary N) is 1. The first-order valence-electron chi connectivity index (χ1n) is 6.76. The maximum absolute atomic E-state index is 5.75. The molecule has 1 saturated heterocycles. The van der Waals surface area contributed by atoms with Gasteiger partial charge in [0, 0.05) is 18.4 Å². The standard InChI is InChI=1S/C12H20N4OS/c13-7-11-14-15-12(16(11)9-4-5-9)18-8-10-3-1-2-6-17-10/h9-10H,1-8,13H2. The molecule has 1 aromatic rings. The first kappa shape index (κ1) is 12.4. The molecule has 1 aromatic heterocycles. The molecule has 6 heteroatoms. The largest absolute Gasteiger partial charge is 0.377 e. The van der Waals surface area contributed by atoms with Gasteiger partial charge in [-0.1, -0.05) is 11.8 Å². The molecule has 0 spiro atoms. The third-order valence-corrected chi connectivity index (χ3v) is 4.58. The van der Waals surface area contributed by atoms with Crippen LogP contribution < -0.4 is 5.73 Å². The molecule has 2 heterocycles. The van der Waals surface area contributed by atoms with Gasteiger partial charge in [0.05, 0.1) is 12.6 Å². The Morgan fingerprint density at radius 3 is 2.83 bits per heavy atom. The first-order chi connectivity index (χ1) is 8.88. The number of rotatable bonds is 5. The summed E-state index contributed by atoms with van der Waals surface area (Å²) in [6.45, 7) is 1.39. The van der Waals surface area contributed by atoms with Gasteiger partial charge in [-0.15, -0.1) is 10.2 Å². The molecule has 1 atom stereocenters. The number of ether oxygens (including phenoxy) is 1. The van der Waals surface area contributed by atoms with Crippen LogP contribution in [0.2, 0.25) is 0 Å². The molecule has 5 nitrogen and oxygen atoms in total. The molecule has 2 aliphatic rings. The van der Waals surface area contributed by atoms with E-state index in [0.29, 0.717) is 18.7 Å². The Labute approximate surface area is 111 Å². The van der Waals surface area contributed by atoms with Gasteiger partial charge in [0.1, 0.15) is 5.82 Å². The fourth-order valence-corrected chi connectivity index (χ4v) is 3.44. The lowest BCUT2D eigenvalue weighted by atomic mass is 10.1. The molecule has 2 fully saturated rings. The van der Waals surface area contributed by atoms with Gasteiger partial charge < -0.3 is 15.0 Å². The van der Waals surface area contributed by atoms with Gasteiger partial charge in [0.15, 0.2) is 5.16 Å². The van der Waals surface area contributed by atoms with Crippen molar-refractivity contribution in [1.29, 1.82) is 0 Å². The summed E-state index contributed by atoms with van der Waals surface area (Å²) in [6.07, 6.45) is 6.52. The van der Waals surface area contributed by atoms with Crippen molar-refractivity contribution in [3.8, 4) is 0 Å². The maximum Gasteiger partial charge on any atom is 0.191 e. The van der Waals surface area contributed by atoms with Crippen molar-refractivity contribution in [1.82, 2.24) is 14.8 Å². The number of thioether (sulfide) groups is 1. The van der Waals surface area contributed by atoms with E-state index in [1.54, 1.807) is 11.8 Å². The van der Waals surface area contributed by atoms with E-state index in [9.17, 15) is 0 Å². The topological polar surface area (TPSA) is 66.0 Å². The average Bonchev–Trinajstić information content (AvgIpc) is 3.18. The minimum absolute atomic E-state index is 0.384. The Bertz CT molecular complexity index is 399. The van der Waals surface area contributed by atoms with Gasteiger partial charge in [-0.25, -0.2) is 0 Å². The zero-order chi connectivity index (χ0) is 12.4. The minimum Gasteiger partial charge on any atom is -0.377 e. The predicted octanol–water partition coefficient (Wildman–Crippen LogP) is 1.73. The van der Waals surface area contributed by atoms with Crippen molar-refractivity contribution in [2.24, 2.45) is 5.73 Å². The van der Waals surface area contributed by atoms with Crippen molar-refractivity contribution >= 4 is 11.8 Å². The molecule has 0 amide bonds. The number of aromatic nitrogens is 3. The quantitative estimate of drug-likeness (QED) is 0.824. The fraction of sp³-hybridized carbons (Fsp3) is 0.833. The van der Waals surface area contributed by atoms with Crippen LogP contribution in [0.25, 0.3) is 0 Å². The van der Waals surface area contributed by atoms with E-state index in [4.69, 9.17) is 10.5 Å². The summed E-state index contributed by atoms with van der Waals surface area (Å²) >= 11 is 1.77. The molecule has 3 rings (SSSR count). The van der Waals surface area contributed by atoms with Gasteiger partial charge in [-0.05, 0) is 32.1 Å². The van der Waals surface area contributed by atoms with Crippen LogP contribution in [0.1, 0.15) is 44.0 Å². The lowest BCUT2D eigenvalue weighted by molar-refractivity contribution is 0.0315. The first-order valence-corrected chi connectivity index (χ1v) is 7.75. The summed E-state index contributed by atoms with van der Waals surface area (Å²) in [5.74, 6) is 1.90. The predicted molar refractivity (Wildman–Crippen MR) is 70.5 cm³/mol. The van der Waals surface area contributed by atoms with E-state index in [0.717, 1.165) is 23.3 Å². The minimum atomic E-state index is 0.384. The molecule has 0 bridgehead atoms. The summed E-state index contributed by atoms with van der Waals surface area (Å²) < 4.78 is 7.98. The molecule has 1 aliphatic carbocycles. The molecular formula is C12H20N4OS. The molecule has 1 aliphatic heterocycles. The number of nitrogens with zero attached hydrogens (tertiary/aromatic N) is 3. The molecule has 0 aromatic carbocycles. The van der Waals surface area contributed by atoms with Gasteiger partial charge in [-0.2, -0.15) is 0 Å². The van der Waals surface area contributed by atoms with Gasteiger partial charge in [-0.3, -0.25) is 0 Å². The molecule has 0 radical (unpaired) electrons. The third-order valence-electron chi connectivity index (χ3n) is 3.50. The van der Waals surface area contributed by atoms with Gasteiger partial charge in [0.2, 0.25) is 0 Å². The smallest absolute Gasteiger partial charge is 0.191 e. The average molecular weight is 268 g/mol. The Morgan fingerprint density at radius 2 is 2.17 bits per heavy atom. The fourth-order valence-electron chi connectivity index (χ4n) is 2.35. The van der Waals surface area contributed by atoms with Crippen LogP contribution in [0.4, 0.5) is 0 Å². The van der Waals surface area contributed by atoms with Crippen LogP contribution in [-0.2, 0) is 11.3 Å². The van der Waals surface area contributed by atoms with E-state index in [2.05, 4.69) is 14.8 Å². The van der Waals surface area contributed by atoms with Crippen molar-refractivity contribution < 1.29 is 4.74 Å². The van der Waals surface area contributed by atoms with E-state index < -0.39 is 0 Å². The van der Waals surface area contributed by atoms with Crippen LogP contribution in [0.5, 0.6) is 0 Å². The molecule has 2 N–H and O–H groups in total. The SMILES string of the molecule is NCc1nnc(SCC2CCCCO2)n1C1CC1. The molecule has 100 valence electrons. The van der Waals surface area contributed by atoms with Crippen LogP contribution in [0.3, 0.4) is 0 Å². The second-order valence-corrected chi connectivity index (χ2v) is 5.99. The van der Waals surface area contributed by atoms with Crippen LogP contribution >= 0.6 is 11.8 Å². The summed E-state index contributed by atoms with van der Waals surface area (Å²) in [5, 5.41) is 9.48. The summed E-state index contributed by atoms with van der Waals surface area (Å²) in [5.41, 5.74) is 5.71. The Hall–Kier alpha value is -0.590. The van der Waals surface area contributed by atoms with E-state index in [1.807, 2.05) is 0 Å². The Balaban J connectivity index is 1.63. The molecule has 1 saturated carbocycles. The van der Waals surface area contributed by atoms with Gasteiger partial charge in [0.25, 0.3) is 0 Å². The highest BCUT2D eigenvalue weighted by Gasteiger charge is 2.29. The highest BCUT2D eigenvalue weighted by atomic mass is 32.2. The van der Waals surface area contributed by atoms with Crippen molar-refractivity contribution in [2.75, 3.05) is 12.4 Å². The van der Waals surface area contributed by atoms with E-state index in [1.165, 1.54) is 32.1 Å². The zero-order valence-corrected chi connectivity index (χ0v) is 11.4. The normalized spacial score (nSPS) is 24.4. The molecule has 1 unspecified atom stereocenters. The third kappa shape index (κ3) is 2.70. The second-order valence-electron chi connectivity index (χ2n) is 5.00. The number of hydrogen-bond donors (Lipinski definition) is 1. The monoisotopic (exact) mass is 268 g/mol. The van der Waals surface area contributed by atoms with Crippen LogP contribution in [0, 0.1) is 0 Å². The molecule has 18 heavy (non-hydrogen) atoms.